The van der Waals surface area contributed by atoms with Gasteiger partial charge in [0.05, 0.1) is 0 Å². The smallest absolute Gasteiger partial charge is 0.0155 e. The summed E-state index contributed by atoms with van der Waals surface area (Å²) in [5.41, 5.74) is 7.04. The van der Waals surface area contributed by atoms with Crippen LogP contribution in [0.25, 0.3) is 21.9 Å². The lowest BCUT2D eigenvalue weighted by atomic mass is 10.0. The van der Waals surface area contributed by atoms with Gasteiger partial charge in [-0.05, 0) is 71.4 Å². The average molecular weight is 882 g/mol. The summed E-state index contributed by atoms with van der Waals surface area (Å²) in [4.78, 5) is 0. The van der Waals surface area contributed by atoms with Crippen LogP contribution < -0.4 is 0 Å². The topological polar surface area (TPSA) is 0 Å². The third kappa shape index (κ3) is 65.0. The van der Waals surface area contributed by atoms with Gasteiger partial charge in [0.25, 0.3) is 0 Å². The summed E-state index contributed by atoms with van der Waals surface area (Å²) in [6.07, 6.45) is 10.6. The molecule has 5 rings (SSSR count). The molecule has 0 N–H and O–H groups in total. The number of fused-ring (bicyclic) bond motifs is 1. The number of rotatable bonds is 6. The summed E-state index contributed by atoms with van der Waals surface area (Å²) in [6.45, 7) is 51.9. The number of aryl methyl sites for hydroxylation is 3. The van der Waals surface area contributed by atoms with Gasteiger partial charge in [-0.3, -0.25) is 0 Å². The van der Waals surface area contributed by atoms with Crippen LogP contribution in [0.3, 0.4) is 0 Å². The normalized spacial score (nSPS) is 9.23. The fourth-order valence-electron chi connectivity index (χ4n) is 3.65. The maximum atomic E-state index is 2.22. The quantitative estimate of drug-likeness (QED) is 0.159. The Morgan fingerprint density at radius 2 is 0.688 bits per heavy atom. The minimum absolute atomic E-state index is 0.500. The van der Waals surface area contributed by atoms with E-state index >= 15 is 0 Å². The molecule has 0 bridgehead atoms. The average Bonchev–Trinajstić information content (AvgIpc) is 3.26. The minimum Gasteiger partial charge on any atom is -0.0683 e. The van der Waals surface area contributed by atoms with Crippen LogP contribution in [0.4, 0.5) is 0 Å². The predicted molar refractivity (Wildman–Crippen MR) is 305 cm³/mol. The van der Waals surface area contributed by atoms with Crippen LogP contribution in [0.2, 0.25) is 0 Å². The minimum atomic E-state index is 0.500. The van der Waals surface area contributed by atoms with Crippen molar-refractivity contribution in [2.75, 3.05) is 0 Å². The highest BCUT2D eigenvalue weighted by Crippen LogP contribution is 2.19. The van der Waals surface area contributed by atoms with E-state index in [2.05, 4.69) is 255 Å². The molecule has 0 radical (unpaired) electrons. The van der Waals surface area contributed by atoms with Crippen molar-refractivity contribution in [2.45, 2.75) is 218 Å². The Bertz CT molecular complexity index is 1510. The molecule has 0 amide bonds. The van der Waals surface area contributed by atoms with Gasteiger partial charge in [0.1, 0.15) is 0 Å². The summed E-state index contributed by atoms with van der Waals surface area (Å²) < 4.78 is 0. The predicted octanol–water partition coefficient (Wildman–Crippen LogP) is 23.1. The summed E-state index contributed by atoms with van der Waals surface area (Å²) in [5.74, 6) is 2.60. The van der Waals surface area contributed by atoms with E-state index in [-0.39, 0.29) is 0 Å². The fraction of sp³-hybridized carbons (Fsp3) is 0.562. The summed E-state index contributed by atoms with van der Waals surface area (Å²) >= 11 is 0. The van der Waals surface area contributed by atoms with Crippen molar-refractivity contribution < 1.29 is 0 Å². The molecule has 368 valence electrons. The van der Waals surface area contributed by atoms with Crippen LogP contribution in [-0.2, 0) is 0 Å². The van der Waals surface area contributed by atoms with E-state index in [0.29, 0.717) is 5.41 Å². The van der Waals surface area contributed by atoms with Gasteiger partial charge >= 0.3 is 0 Å². The Hall–Kier alpha value is -3.64. The van der Waals surface area contributed by atoms with Crippen LogP contribution in [-0.4, -0.2) is 0 Å². The molecule has 0 heterocycles. The van der Waals surface area contributed by atoms with Crippen LogP contribution in [0, 0.1) is 43.9 Å². The van der Waals surface area contributed by atoms with Gasteiger partial charge in [0.15, 0.2) is 0 Å². The molecular weight excluding hydrogens is 769 g/mol. The number of benzene rings is 5. The molecule has 0 saturated heterocycles. The van der Waals surface area contributed by atoms with Crippen LogP contribution in [0.15, 0.2) is 127 Å². The van der Waals surface area contributed by atoms with Crippen molar-refractivity contribution >= 4 is 10.8 Å². The molecule has 0 heteroatoms. The molecule has 64 heavy (non-hydrogen) atoms. The Morgan fingerprint density at radius 3 is 0.969 bits per heavy atom. The SMILES string of the molecule is CC.CC(C)(C)C.CC(C)C.CCC.CCC(C)C.CCC(C)C.CCCC.CCCCC.Cc1ccc(-c2ccccc2)cc1.Cc1cccc2ccccc12.Cc1ccccc1. The second-order valence-electron chi connectivity index (χ2n) is 19.1. The molecule has 5 aromatic rings. The van der Waals surface area contributed by atoms with Crippen LogP contribution >= 0.6 is 0 Å². The van der Waals surface area contributed by atoms with Crippen molar-refractivity contribution in [3.05, 3.63) is 144 Å². The highest BCUT2D eigenvalue weighted by molar-refractivity contribution is 5.85. The van der Waals surface area contributed by atoms with E-state index in [9.17, 15) is 0 Å². The van der Waals surface area contributed by atoms with E-state index in [1.54, 1.807) is 0 Å². The van der Waals surface area contributed by atoms with Gasteiger partial charge in [0.2, 0.25) is 0 Å². The molecule has 0 spiro atoms. The molecule has 0 nitrogen and oxygen atoms in total. The van der Waals surface area contributed by atoms with Gasteiger partial charge in [-0.25, -0.2) is 0 Å². The lowest BCUT2D eigenvalue weighted by molar-refractivity contribution is 0.469. The number of unbranched alkanes of at least 4 members (excludes halogenated alkanes) is 3. The zero-order chi connectivity index (χ0) is 50.8. The summed E-state index contributed by atoms with van der Waals surface area (Å²) in [7, 11) is 0. The van der Waals surface area contributed by atoms with Crippen molar-refractivity contribution in [3.8, 4) is 11.1 Å². The van der Waals surface area contributed by atoms with Crippen LogP contribution in [0.5, 0.6) is 0 Å². The fourth-order valence-corrected chi connectivity index (χ4v) is 3.65. The van der Waals surface area contributed by atoms with Gasteiger partial charge in [-0.1, -0.05) is 335 Å². The monoisotopic (exact) mass is 881 g/mol. The molecule has 0 atom stereocenters. The molecule has 0 aliphatic heterocycles. The van der Waals surface area contributed by atoms with E-state index < -0.39 is 0 Å². The first-order valence-corrected chi connectivity index (χ1v) is 25.7. The molecule has 0 aliphatic rings. The van der Waals surface area contributed by atoms with Gasteiger partial charge in [-0.15, -0.1) is 0 Å². The first-order chi connectivity index (χ1) is 30.1. The van der Waals surface area contributed by atoms with Crippen molar-refractivity contribution in [1.82, 2.24) is 0 Å². The van der Waals surface area contributed by atoms with Crippen molar-refractivity contribution in [2.24, 2.45) is 23.2 Å². The van der Waals surface area contributed by atoms with Crippen molar-refractivity contribution in [1.29, 1.82) is 0 Å². The zero-order valence-corrected chi connectivity index (χ0v) is 47.5. The Morgan fingerprint density at radius 1 is 0.391 bits per heavy atom. The first-order valence-electron chi connectivity index (χ1n) is 25.7. The second kappa shape index (κ2) is 53.7. The lowest BCUT2D eigenvalue weighted by Crippen LogP contribution is -1.93. The second-order valence-corrected chi connectivity index (χ2v) is 19.1. The largest absolute Gasteiger partial charge is 0.0683 e. The Balaban J connectivity index is -0.000000151. The standard InChI is InChI=1S/C13H12.C11H10.C7H8.4C5H12.2C4H10.C3H8.C2H6/c1-11-7-9-13(10-8-11)12-5-3-2-4-6-12;1-9-5-4-7-10-6-2-3-8-11(9)10;1-7-5-3-2-4-6-7;1-5(2,3)4;2*1-4-5(2)3;1-3-5-4-2;1-4(2)3;1-3-4-2;1-3-2;1-2/h2-10H,1H3;2-8H,1H3;2-6H,1H3;1-4H3;2*5H,4H2,1-3H3;3-5H2,1-2H3;4H,1-3H3;3-4H2,1-2H3;3H2,1-2H3;1-2H3. The molecule has 0 aromatic heterocycles. The van der Waals surface area contributed by atoms with E-state index in [4.69, 9.17) is 0 Å². The maximum absolute atomic E-state index is 2.22. The zero-order valence-electron chi connectivity index (χ0n) is 47.5. The molecule has 0 fully saturated rings. The van der Waals surface area contributed by atoms with Crippen molar-refractivity contribution in [3.63, 3.8) is 0 Å². The maximum Gasteiger partial charge on any atom is -0.0155 e. The van der Waals surface area contributed by atoms with E-state index in [0.717, 1.165) is 17.8 Å². The third-order valence-corrected chi connectivity index (χ3v) is 7.95. The molecular formula is C64H112. The number of hydrogen-bond donors (Lipinski definition) is 0. The molecule has 0 aliphatic carbocycles. The first kappa shape index (κ1) is 72.0. The highest BCUT2D eigenvalue weighted by Gasteiger charge is 1.96. The van der Waals surface area contributed by atoms with E-state index in [1.807, 2.05) is 38.1 Å². The summed E-state index contributed by atoms with van der Waals surface area (Å²) in [6, 6.07) is 44.1. The highest BCUT2D eigenvalue weighted by atomic mass is 14.0. The number of hydrogen-bond acceptors (Lipinski definition) is 0. The molecule has 5 aromatic carbocycles. The third-order valence-electron chi connectivity index (χ3n) is 7.95. The van der Waals surface area contributed by atoms with Gasteiger partial charge in [0, 0.05) is 0 Å². The molecule has 0 saturated carbocycles. The van der Waals surface area contributed by atoms with Gasteiger partial charge in [-0.2, -0.15) is 0 Å². The van der Waals surface area contributed by atoms with E-state index in [1.165, 1.54) is 90.0 Å². The molecule has 0 unspecified atom stereocenters. The summed E-state index contributed by atoms with van der Waals surface area (Å²) in [5, 5.41) is 2.68. The van der Waals surface area contributed by atoms with Gasteiger partial charge < -0.3 is 0 Å². The lowest BCUT2D eigenvalue weighted by Gasteiger charge is -2.05. The van der Waals surface area contributed by atoms with Crippen LogP contribution in [0.1, 0.15) is 213 Å². The Labute approximate surface area is 404 Å². The Kier molecular flexibility index (Phi) is 60.4.